The second kappa shape index (κ2) is 4.49. The summed E-state index contributed by atoms with van der Waals surface area (Å²) in [6.07, 6.45) is 1.74. The molecule has 0 amide bonds. The number of anilines is 1. The van der Waals surface area contributed by atoms with Crippen LogP contribution in [0.25, 0.3) is 22.3 Å². The van der Waals surface area contributed by atoms with E-state index in [0.29, 0.717) is 5.82 Å². The molecule has 3 aromatic rings. The van der Waals surface area contributed by atoms with Crippen LogP contribution in [0.4, 0.5) is 5.95 Å². The number of benzene rings is 1. The fourth-order valence-corrected chi connectivity index (χ4v) is 1.88. The van der Waals surface area contributed by atoms with E-state index in [1.165, 1.54) is 7.11 Å². The van der Waals surface area contributed by atoms with E-state index in [2.05, 4.69) is 19.9 Å². The Kier molecular flexibility index (Phi) is 2.68. The molecule has 0 saturated heterocycles. The van der Waals surface area contributed by atoms with Crippen molar-refractivity contribution in [2.24, 2.45) is 0 Å². The van der Waals surface area contributed by atoms with Crippen molar-refractivity contribution in [1.29, 1.82) is 0 Å². The molecule has 19 heavy (non-hydrogen) atoms. The van der Waals surface area contributed by atoms with E-state index in [9.17, 15) is 0 Å². The summed E-state index contributed by atoms with van der Waals surface area (Å²) in [4.78, 5) is 16.5. The Morgan fingerprint density at radius 1 is 1.05 bits per heavy atom. The van der Waals surface area contributed by atoms with E-state index < -0.39 is 0 Å². The number of hydrogen-bond acceptors (Lipinski definition) is 6. The minimum absolute atomic E-state index is 0.128. The van der Waals surface area contributed by atoms with Crippen LogP contribution in [0.1, 0.15) is 0 Å². The van der Waals surface area contributed by atoms with Gasteiger partial charge >= 0.3 is 6.01 Å². The summed E-state index contributed by atoms with van der Waals surface area (Å²) >= 11 is 0. The van der Waals surface area contributed by atoms with Gasteiger partial charge in [0.05, 0.1) is 12.6 Å². The van der Waals surface area contributed by atoms with Crippen molar-refractivity contribution in [3.05, 3.63) is 36.5 Å². The average Bonchev–Trinajstić information content (AvgIpc) is 2.46. The largest absolute Gasteiger partial charge is 0.467 e. The first-order chi connectivity index (χ1) is 9.28. The Balaban J connectivity index is 2.27. The van der Waals surface area contributed by atoms with E-state index in [4.69, 9.17) is 10.5 Å². The molecule has 2 heterocycles. The van der Waals surface area contributed by atoms with Crippen molar-refractivity contribution in [2.45, 2.75) is 0 Å². The van der Waals surface area contributed by atoms with Crippen molar-refractivity contribution >= 4 is 16.9 Å². The van der Waals surface area contributed by atoms with Crippen molar-refractivity contribution in [3.63, 3.8) is 0 Å². The summed E-state index contributed by atoms with van der Waals surface area (Å²) in [6, 6.07) is 9.77. The van der Waals surface area contributed by atoms with Gasteiger partial charge in [0.15, 0.2) is 5.82 Å². The minimum Gasteiger partial charge on any atom is -0.467 e. The van der Waals surface area contributed by atoms with Gasteiger partial charge in [-0.25, -0.2) is 0 Å². The highest BCUT2D eigenvalue weighted by atomic mass is 16.5. The molecule has 1 aromatic carbocycles. The summed E-state index contributed by atoms with van der Waals surface area (Å²) in [5.74, 6) is 0.602. The highest BCUT2D eigenvalue weighted by molar-refractivity contribution is 5.92. The SMILES string of the molecule is COc1nc(N)nc(-c2cccc3ncccc23)n1. The second-order valence-electron chi connectivity index (χ2n) is 3.88. The molecule has 0 spiro atoms. The molecule has 3 rings (SSSR count). The topological polar surface area (TPSA) is 86.8 Å². The third kappa shape index (κ3) is 2.03. The third-order valence-corrected chi connectivity index (χ3v) is 2.70. The zero-order valence-electron chi connectivity index (χ0n) is 10.2. The van der Waals surface area contributed by atoms with Gasteiger partial charge in [-0.2, -0.15) is 15.0 Å². The van der Waals surface area contributed by atoms with Crippen LogP contribution >= 0.6 is 0 Å². The van der Waals surface area contributed by atoms with E-state index in [1.807, 2.05) is 30.3 Å². The highest BCUT2D eigenvalue weighted by Crippen LogP contribution is 2.25. The molecular formula is C13H11N5O. The molecule has 6 nitrogen and oxygen atoms in total. The Morgan fingerprint density at radius 2 is 1.95 bits per heavy atom. The van der Waals surface area contributed by atoms with Gasteiger partial charge < -0.3 is 10.5 Å². The maximum absolute atomic E-state index is 5.66. The maximum Gasteiger partial charge on any atom is 0.321 e. The first-order valence-electron chi connectivity index (χ1n) is 5.67. The number of nitrogens with zero attached hydrogens (tertiary/aromatic N) is 4. The van der Waals surface area contributed by atoms with Gasteiger partial charge in [-0.15, -0.1) is 0 Å². The van der Waals surface area contributed by atoms with E-state index in [0.717, 1.165) is 16.5 Å². The number of aromatic nitrogens is 4. The Hall–Kier alpha value is -2.76. The van der Waals surface area contributed by atoms with Gasteiger partial charge in [0.2, 0.25) is 5.95 Å². The Morgan fingerprint density at radius 3 is 2.79 bits per heavy atom. The number of nitrogens with two attached hydrogens (primary N) is 1. The molecule has 0 aliphatic rings. The molecule has 0 radical (unpaired) electrons. The third-order valence-electron chi connectivity index (χ3n) is 2.70. The minimum atomic E-state index is 0.128. The number of nitrogen functional groups attached to an aromatic ring is 1. The molecule has 0 atom stereocenters. The van der Waals surface area contributed by atoms with Gasteiger partial charge in [-0.3, -0.25) is 4.98 Å². The summed E-state index contributed by atoms with van der Waals surface area (Å²) in [7, 11) is 1.49. The van der Waals surface area contributed by atoms with E-state index in [1.54, 1.807) is 6.20 Å². The van der Waals surface area contributed by atoms with Gasteiger partial charge in [0, 0.05) is 17.1 Å². The van der Waals surface area contributed by atoms with Gasteiger partial charge in [-0.1, -0.05) is 18.2 Å². The predicted molar refractivity (Wildman–Crippen MR) is 71.5 cm³/mol. The number of hydrogen-bond donors (Lipinski definition) is 1. The zero-order valence-corrected chi connectivity index (χ0v) is 10.2. The van der Waals surface area contributed by atoms with Crippen LogP contribution in [0.15, 0.2) is 36.5 Å². The monoisotopic (exact) mass is 253 g/mol. The van der Waals surface area contributed by atoms with E-state index >= 15 is 0 Å². The van der Waals surface area contributed by atoms with Crippen molar-refractivity contribution in [3.8, 4) is 17.4 Å². The summed E-state index contributed by atoms with van der Waals surface area (Å²) in [5.41, 5.74) is 7.38. The van der Waals surface area contributed by atoms with Crippen LogP contribution in [0.2, 0.25) is 0 Å². The van der Waals surface area contributed by atoms with Crippen molar-refractivity contribution in [2.75, 3.05) is 12.8 Å². The maximum atomic E-state index is 5.66. The predicted octanol–water partition coefficient (Wildman–Crippen LogP) is 1.68. The molecule has 0 aliphatic carbocycles. The fourth-order valence-electron chi connectivity index (χ4n) is 1.88. The van der Waals surface area contributed by atoms with Crippen molar-refractivity contribution < 1.29 is 4.74 Å². The molecule has 0 unspecified atom stereocenters. The molecule has 0 bridgehead atoms. The number of methoxy groups -OCH3 is 1. The highest BCUT2D eigenvalue weighted by Gasteiger charge is 2.10. The normalized spacial score (nSPS) is 10.6. The van der Waals surface area contributed by atoms with Crippen molar-refractivity contribution in [1.82, 2.24) is 19.9 Å². The number of pyridine rings is 1. The number of ether oxygens (including phenoxy) is 1. The molecule has 0 aliphatic heterocycles. The molecular weight excluding hydrogens is 242 g/mol. The lowest BCUT2D eigenvalue weighted by molar-refractivity contribution is 0.379. The zero-order chi connectivity index (χ0) is 13.2. The molecule has 0 saturated carbocycles. The van der Waals surface area contributed by atoms with E-state index in [-0.39, 0.29) is 12.0 Å². The quantitative estimate of drug-likeness (QED) is 0.747. The molecule has 94 valence electrons. The van der Waals surface area contributed by atoms with Gasteiger partial charge in [-0.05, 0) is 12.1 Å². The average molecular weight is 253 g/mol. The van der Waals surface area contributed by atoms with Crippen LogP contribution in [-0.2, 0) is 0 Å². The summed E-state index contributed by atoms with van der Waals surface area (Å²) in [5, 5.41) is 0.956. The molecule has 2 N–H and O–H groups in total. The Bertz CT molecular complexity index is 739. The summed E-state index contributed by atoms with van der Waals surface area (Å²) in [6.45, 7) is 0. The lowest BCUT2D eigenvalue weighted by Crippen LogP contribution is -2.02. The number of rotatable bonds is 2. The lowest BCUT2D eigenvalue weighted by atomic mass is 10.1. The van der Waals surface area contributed by atoms with Crippen LogP contribution in [0.3, 0.4) is 0 Å². The standard InChI is InChI=1S/C13H11N5O/c1-19-13-17-11(16-12(14)18-13)9-4-2-6-10-8(9)5-3-7-15-10/h2-7H,1H3,(H2,14,16,17,18). The van der Waals surface area contributed by atoms with Gasteiger partial charge in [0.1, 0.15) is 0 Å². The lowest BCUT2D eigenvalue weighted by Gasteiger charge is -2.06. The molecule has 0 fully saturated rings. The second-order valence-corrected chi connectivity index (χ2v) is 3.88. The van der Waals surface area contributed by atoms with Gasteiger partial charge in [0.25, 0.3) is 0 Å². The Labute approximate surface area is 109 Å². The van der Waals surface area contributed by atoms with Crippen LogP contribution < -0.4 is 10.5 Å². The van der Waals surface area contributed by atoms with Crippen LogP contribution in [-0.4, -0.2) is 27.0 Å². The molecule has 6 heteroatoms. The number of fused-ring (bicyclic) bond motifs is 1. The smallest absolute Gasteiger partial charge is 0.321 e. The van der Waals surface area contributed by atoms with Crippen LogP contribution in [0.5, 0.6) is 6.01 Å². The first kappa shape index (κ1) is 11.3. The first-order valence-corrected chi connectivity index (χ1v) is 5.67. The fraction of sp³-hybridized carbons (Fsp3) is 0.0769. The van der Waals surface area contributed by atoms with Crippen LogP contribution in [0, 0.1) is 0 Å². The summed E-state index contributed by atoms with van der Waals surface area (Å²) < 4.78 is 5.01. The molecule has 2 aromatic heterocycles.